The Labute approximate surface area is 183 Å². The number of halogens is 3. The van der Waals surface area contributed by atoms with Crippen LogP contribution in [0.15, 0.2) is 48.5 Å². The molecule has 0 aliphatic carbocycles. The molecule has 9 heteroatoms. The number of hydrogen-bond donors (Lipinski definition) is 1. The molecule has 31 heavy (non-hydrogen) atoms. The maximum atomic E-state index is 12.6. The Morgan fingerprint density at radius 3 is 2.13 bits per heavy atom. The molecule has 2 rings (SSSR count). The van der Waals surface area contributed by atoms with Crippen molar-refractivity contribution in [1.29, 1.82) is 0 Å². The van der Waals surface area contributed by atoms with E-state index in [2.05, 4.69) is 10.1 Å². The van der Waals surface area contributed by atoms with E-state index in [1.54, 1.807) is 32.0 Å². The summed E-state index contributed by atoms with van der Waals surface area (Å²) in [5, 5.41) is 2.82. The normalized spacial score (nSPS) is 12.9. The van der Waals surface area contributed by atoms with Crippen LogP contribution in [-0.2, 0) is 9.53 Å². The SMILES string of the molecule is CC(OC(=O)[C@@H](NC(=O)c1ccccc1Cl)C(C)C)C(=O)c1ccc(OC(F)F)cc1. The van der Waals surface area contributed by atoms with Crippen molar-refractivity contribution in [1.82, 2.24) is 5.32 Å². The highest BCUT2D eigenvalue weighted by Gasteiger charge is 2.30. The first-order valence-electron chi connectivity index (χ1n) is 9.45. The van der Waals surface area contributed by atoms with Crippen LogP contribution >= 0.6 is 11.6 Å². The number of nitrogens with one attached hydrogen (secondary N) is 1. The van der Waals surface area contributed by atoms with Crippen molar-refractivity contribution in [2.75, 3.05) is 0 Å². The van der Waals surface area contributed by atoms with Crippen LogP contribution in [0.25, 0.3) is 0 Å². The molecular formula is C22H22ClF2NO5. The van der Waals surface area contributed by atoms with Crippen molar-refractivity contribution in [3.05, 3.63) is 64.7 Å². The van der Waals surface area contributed by atoms with E-state index in [0.717, 1.165) is 0 Å². The van der Waals surface area contributed by atoms with Crippen molar-refractivity contribution in [2.24, 2.45) is 5.92 Å². The Balaban J connectivity index is 2.05. The molecule has 0 heterocycles. The lowest BCUT2D eigenvalue weighted by Gasteiger charge is -2.23. The fourth-order valence-electron chi connectivity index (χ4n) is 2.70. The molecule has 0 aliphatic rings. The van der Waals surface area contributed by atoms with Crippen LogP contribution in [0.3, 0.4) is 0 Å². The summed E-state index contributed by atoms with van der Waals surface area (Å²) in [6, 6.07) is 10.4. The van der Waals surface area contributed by atoms with Gasteiger partial charge < -0.3 is 14.8 Å². The quantitative estimate of drug-likeness (QED) is 0.446. The highest BCUT2D eigenvalue weighted by Crippen LogP contribution is 2.18. The van der Waals surface area contributed by atoms with Gasteiger partial charge >= 0.3 is 12.6 Å². The lowest BCUT2D eigenvalue weighted by molar-refractivity contribution is -0.149. The van der Waals surface area contributed by atoms with Crippen molar-refractivity contribution >= 4 is 29.3 Å². The summed E-state index contributed by atoms with van der Waals surface area (Å²) in [5.41, 5.74) is 0.362. The number of rotatable bonds is 9. The Bertz CT molecular complexity index is 934. The van der Waals surface area contributed by atoms with Crippen molar-refractivity contribution in [3.63, 3.8) is 0 Å². The number of hydrogen-bond acceptors (Lipinski definition) is 5. The van der Waals surface area contributed by atoms with Gasteiger partial charge in [-0.1, -0.05) is 37.6 Å². The third-order valence-electron chi connectivity index (χ3n) is 4.35. The molecule has 2 atom stereocenters. The van der Waals surface area contributed by atoms with Crippen molar-refractivity contribution in [3.8, 4) is 5.75 Å². The third-order valence-corrected chi connectivity index (χ3v) is 4.68. The van der Waals surface area contributed by atoms with E-state index in [9.17, 15) is 23.2 Å². The van der Waals surface area contributed by atoms with Gasteiger partial charge in [0.1, 0.15) is 11.8 Å². The average Bonchev–Trinajstić information content (AvgIpc) is 2.71. The van der Waals surface area contributed by atoms with Crippen LogP contribution in [0.4, 0.5) is 8.78 Å². The van der Waals surface area contributed by atoms with Crippen LogP contribution in [0.5, 0.6) is 5.75 Å². The van der Waals surface area contributed by atoms with E-state index >= 15 is 0 Å². The van der Waals surface area contributed by atoms with Crippen LogP contribution in [0.2, 0.25) is 5.02 Å². The number of ketones is 1. The second kappa shape index (κ2) is 10.9. The monoisotopic (exact) mass is 453 g/mol. The molecule has 0 saturated carbocycles. The predicted octanol–water partition coefficient (Wildman–Crippen LogP) is 4.51. The fraction of sp³-hybridized carbons (Fsp3) is 0.318. The van der Waals surface area contributed by atoms with Crippen LogP contribution in [0.1, 0.15) is 41.5 Å². The second-order valence-electron chi connectivity index (χ2n) is 7.02. The summed E-state index contributed by atoms with van der Waals surface area (Å²) in [6.45, 7) is 1.84. The Morgan fingerprint density at radius 2 is 1.58 bits per heavy atom. The van der Waals surface area contributed by atoms with Gasteiger partial charge in [0, 0.05) is 5.56 Å². The van der Waals surface area contributed by atoms with Crippen molar-refractivity contribution < 1.29 is 32.6 Å². The van der Waals surface area contributed by atoms with Crippen LogP contribution in [-0.4, -0.2) is 36.4 Å². The Kier molecular flexibility index (Phi) is 8.50. The molecule has 0 saturated heterocycles. The lowest BCUT2D eigenvalue weighted by atomic mass is 10.0. The first-order chi connectivity index (χ1) is 14.6. The van der Waals surface area contributed by atoms with Crippen LogP contribution in [0, 0.1) is 5.92 Å². The maximum absolute atomic E-state index is 12.6. The zero-order chi connectivity index (χ0) is 23.1. The van der Waals surface area contributed by atoms with Gasteiger partial charge in [-0.15, -0.1) is 0 Å². The summed E-state index contributed by atoms with van der Waals surface area (Å²) >= 11 is 6.02. The van der Waals surface area contributed by atoms with Gasteiger partial charge in [0.05, 0.1) is 10.6 Å². The standard InChI is InChI=1S/C22H22ClF2NO5/c1-12(2)18(26-20(28)16-6-4-5-7-17(16)23)21(29)30-13(3)19(27)14-8-10-15(11-9-14)31-22(24)25/h4-13,18,22H,1-3H3,(H,26,28)/t13?,18-/m0/s1. The summed E-state index contributed by atoms with van der Waals surface area (Å²) in [7, 11) is 0. The molecule has 1 amide bonds. The molecule has 0 spiro atoms. The number of amides is 1. The van der Waals surface area contributed by atoms with Crippen molar-refractivity contribution in [2.45, 2.75) is 39.5 Å². The van der Waals surface area contributed by atoms with Gasteiger partial charge in [-0.3, -0.25) is 9.59 Å². The lowest BCUT2D eigenvalue weighted by Crippen LogP contribution is -2.46. The van der Waals surface area contributed by atoms with Gasteiger partial charge in [-0.05, 0) is 49.2 Å². The number of ether oxygens (including phenoxy) is 2. The smallest absolute Gasteiger partial charge is 0.387 e. The molecule has 0 bridgehead atoms. The minimum Gasteiger partial charge on any atom is -0.453 e. The first-order valence-corrected chi connectivity index (χ1v) is 9.83. The number of alkyl halides is 2. The molecule has 0 radical (unpaired) electrons. The van der Waals surface area contributed by atoms with Gasteiger partial charge in [-0.25, -0.2) is 4.79 Å². The number of carbonyl (C=O) groups excluding carboxylic acids is 3. The summed E-state index contributed by atoms with van der Waals surface area (Å²) in [5.74, 6) is -2.29. The van der Waals surface area contributed by atoms with E-state index in [4.69, 9.17) is 16.3 Å². The topological polar surface area (TPSA) is 81.7 Å². The van der Waals surface area contributed by atoms with E-state index < -0.39 is 36.4 Å². The molecule has 0 aliphatic heterocycles. The Morgan fingerprint density at radius 1 is 0.968 bits per heavy atom. The minimum atomic E-state index is -2.98. The molecule has 6 nitrogen and oxygen atoms in total. The van der Waals surface area contributed by atoms with Gasteiger partial charge in [0.15, 0.2) is 6.10 Å². The van der Waals surface area contributed by atoms with Gasteiger partial charge in [-0.2, -0.15) is 8.78 Å². The third kappa shape index (κ3) is 6.75. The molecule has 1 N–H and O–H groups in total. The zero-order valence-corrected chi connectivity index (χ0v) is 17.9. The second-order valence-corrected chi connectivity index (χ2v) is 7.43. The number of benzene rings is 2. The van der Waals surface area contributed by atoms with E-state index in [-0.39, 0.29) is 27.8 Å². The first kappa shape index (κ1) is 24.3. The number of Topliss-reactive ketones (excluding diaryl/α,β-unsaturated/α-hetero) is 1. The van der Waals surface area contributed by atoms with Gasteiger partial charge in [0.25, 0.3) is 5.91 Å². The highest BCUT2D eigenvalue weighted by atomic mass is 35.5. The molecule has 2 aromatic rings. The zero-order valence-electron chi connectivity index (χ0n) is 17.1. The van der Waals surface area contributed by atoms with Gasteiger partial charge in [0.2, 0.25) is 5.78 Å². The molecule has 0 fully saturated rings. The molecule has 166 valence electrons. The summed E-state index contributed by atoms with van der Waals surface area (Å²) < 4.78 is 34.0. The van der Waals surface area contributed by atoms with E-state index in [0.29, 0.717) is 0 Å². The van der Waals surface area contributed by atoms with Crippen LogP contribution < -0.4 is 10.1 Å². The predicted molar refractivity (Wildman–Crippen MR) is 111 cm³/mol. The summed E-state index contributed by atoms with van der Waals surface area (Å²) in [4.78, 5) is 37.7. The molecule has 0 aromatic heterocycles. The number of esters is 1. The largest absolute Gasteiger partial charge is 0.453 e. The molecular weight excluding hydrogens is 432 g/mol. The van der Waals surface area contributed by atoms with E-state index in [1.807, 2.05) is 0 Å². The number of carbonyl (C=O) groups is 3. The minimum absolute atomic E-state index is 0.0987. The highest BCUT2D eigenvalue weighted by molar-refractivity contribution is 6.33. The Hall–Kier alpha value is -3.00. The fourth-order valence-corrected chi connectivity index (χ4v) is 2.92. The average molecular weight is 454 g/mol. The maximum Gasteiger partial charge on any atom is 0.387 e. The molecule has 2 aromatic carbocycles. The van der Waals surface area contributed by atoms with E-state index in [1.165, 1.54) is 37.3 Å². The summed E-state index contributed by atoms with van der Waals surface area (Å²) in [6.07, 6.45) is -1.16. The molecule has 1 unspecified atom stereocenters.